The molecule has 0 aromatic heterocycles. The van der Waals surface area contributed by atoms with Gasteiger partial charge in [0.05, 0.1) is 64.9 Å². The summed E-state index contributed by atoms with van der Waals surface area (Å²) in [6.45, 7) is 13.0. The summed E-state index contributed by atoms with van der Waals surface area (Å²) >= 11 is 0. The molecule has 0 bridgehead atoms. The lowest BCUT2D eigenvalue weighted by Crippen LogP contribution is -2.74. The lowest BCUT2D eigenvalue weighted by atomic mass is 10.1. The van der Waals surface area contributed by atoms with E-state index in [2.05, 4.69) is 40.4 Å². The van der Waals surface area contributed by atoms with Crippen molar-refractivity contribution < 1.29 is 38.1 Å². The third kappa shape index (κ3) is 30.8. The molecule has 0 aromatic carbocycles. The lowest BCUT2D eigenvalue weighted by Gasteiger charge is -2.58. The molecule has 0 aromatic rings. The van der Waals surface area contributed by atoms with E-state index in [1.54, 1.807) is 0 Å². The van der Waals surface area contributed by atoms with Crippen LogP contribution in [0.15, 0.2) is 0 Å². The fourth-order valence-corrected chi connectivity index (χ4v) is 9.82. The number of esters is 4. The molecule has 67 heavy (non-hydrogen) atoms. The van der Waals surface area contributed by atoms with Crippen LogP contribution in [0.4, 0.5) is 0 Å². The van der Waals surface area contributed by atoms with Gasteiger partial charge >= 0.3 is 23.9 Å². The van der Waals surface area contributed by atoms with Crippen LogP contribution in [0.5, 0.6) is 0 Å². The van der Waals surface area contributed by atoms with Crippen LogP contribution in [-0.4, -0.2) is 135 Å². The van der Waals surface area contributed by atoms with E-state index in [-0.39, 0.29) is 61.9 Å². The Balaban J connectivity index is 1.99. The molecule has 2 aliphatic heterocycles. The van der Waals surface area contributed by atoms with Crippen molar-refractivity contribution >= 4 is 23.9 Å². The van der Waals surface area contributed by atoms with Crippen LogP contribution in [0.3, 0.4) is 0 Å². The largest absolute Gasteiger partial charge is 0.469 e. The molecule has 0 amide bonds. The van der Waals surface area contributed by atoms with Crippen molar-refractivity contribution in [3.8, 4) is 0 Å². The van der Waals surface area contributed by atoms with Crippen molar-refractivity contribution in [3.63, 3.8) is 0 Å². The van der Waals surface area contributed by atoms with E-state index in [4.69, 9.17) is 18.9 Å². The summed E-state index contributed by atoms with van der Waals surface area (Å²) in [5.74, 6) is -0.802. The second-order valence-electron chi connectivity index (χ2n) is 19.8. The van der Waals surface area contributed by atoms with E-state index < -0.39 is 0 Å². The van der Waals surface area contributed by atoms with Crippen LogP contribution in [0.1, 0.15) is 239 Å². The SMILES string of the molecule is CCCCCCCCCCCCOC(=O)CCN1CCN(CCC(=O)OCCCCCCCCCCCC)C2C1N(CCC(=O)OC)CCN2CCC(=O)OCCCCCCCCCCCC. The predicted octanol–water partition coefficient (Wildman–Crippen LogP) is 12.0. The number of hydrogen-bond acceptors (Lipinski definition) is 12. The Morgan fingerprint density at radius 2 is 0.537 bits per heavy atom. The van der Waals surface area contributed by atoms with Gasteiger partial charge in [-0.1, -0.05) is 194 Å². The van der Waals surface area contributed by atoms with Gasteiger partial charge in [-0.15, -0.1) is 0 Å². The predicted molar refractivity (Wildman–Crippen MR) is 273 cm³/mol. The average Bonchev–Trinajstić information content (AvgIpc) is 3.33. The quantitative estimate of drug-likeness (QED) is 0.0328. The van der Waals surface area contributed by atoms with E-state index in [0.717, 1.165) is 38.5 Å². The number of methoxy groups -OCH3 is 1. The first-order valence-corrected chi connectivity index (χ1v) is 28.3. The van der Waals surface area contributed by atoms with Crippen LogP contribution in [0.2, 0.25) is 0 Å². The molecule has 12 nitrogen and oxygen atoms in total. The molecule has 2 saturated heterocycles. The highest BCUT2D eigenvalue weighted by atomic mass is 16.5. The fourth-order valence-electron chi connectivity index (χ4n) is 9.82. The normalized spacial score (nSPS) is 17.1. The minimum atomic E-state index is -0.260. The topological polar surface area (TPSA) is 118 Å². The molecule has 0 radical (unpaired) electrons. The Morgan fingerprint density at radius 3 is 0.761 bits per heavy atom. The molecule has 0 aliphatic carbocycles. The third-order valence-corrected chi connectivity index (χ3v) is 14.0. The maximum absolute atomic E-state index is 13.1. The smallest absolute Gasteiger partial charge is 0.307 e. The molecule has 0 N–H and O–H groups in total. The molecule has 2 aliphatic rings. The number of ether oxygens (including phenoxy) is 4. The van der Waals surface area contributed by atoms with Gasteiger partial charge in [-0.05, 0) is 19.3 Å². The van der Waals surface area contributed by atoms with Gasteiger partial charge < -0.3 is 18.9 Å². The molecule has 0 spiro atoms. The summed E-state index contributed by atoms with van der Waals surface area (Å²) in [6, 6.07) is 0. The van der Waals surface area contributed by atoms with Crippen LogP contribution in [0, 0.1) is 0 Å². The van der Waals surface area contributed by atoms with Gasteiger partial charge in [-0.3, -0.25) is 38.8 Å². The highest BCUT2D eigenvalue weighted by Crippen LogP contribution is 2.29. The Bertz CT molecular complexity index is 1180. The first-order chi connectivity index (χ1) is 32.8. The van der Waals surface area contributed by atoms with Gasteiger partial charge in [0.15, 0.2) is 0 Å². The van der Waals surface area contributed by atoms with E-state index in [1.165, 1.54) is 161 Å². The van der Waals surface area contributed by atoms with Crippen molar-refractivity contribution in [2.75, 3.05) is 79.3 Å². The zero-order chi connectivity index (χ0) is 48.4. The number of carbonyl (C=O) groups excluding carboxylic acids is 4. The zero-order valence-corrected chi connectivity index (χ0v) is 44.0. The Morgan fingerprint density at radius 1 is 0.328 bits per heavy atom. The first-order valence-electron chi connectivity index (χ1n) is 28.3. The maximum Gasteiger partial charge on any atom is 0.307 e. The van der Waals surface area contributed by atoms with Gasteiger partial charge in [0.1, 0.15) is 0 Å². The lowest BCUT2D eigenvalue weighted by molar-refractivity contribution is -0.166. The summed E-state index contributed by atoms with van der Waals surface area (Å²) in [4.78, 5) is 61.2. The third-order valence-electron chi connectivity index (χ3n) is 14.0. The summed E-state index contributed by atoms with van der Waals surface area (Å²) < 4.78 is 22.3. The summed E-state index contributed by atoms with van der Waals surface area (Å²) in [7, 11) is 1.42. The fraction of sp³-hybridized carbons (Fsp3) is 0.927. The average molecular weight is 949 g/mol. The Labute approximate surface area is 411 Å². The molecule has 2 atom stereocenters. The highest BCUT2D eigenvalue weighted by Gasteiger charge is 2.46. The zero-order valence-electron chi connectivity index (χ0n) is 44.0. The molecule has 2 heterocycles. The van der Waals surface area contributed by atoms with Crippen molar-refractivity contribution in [3.05, 3.63) is 0 Å². The minimum absolute atomic E-state index is 0.160. The van der Waals surface area contributed by atoms with Crippen molar-refractivity contribution in [1.29, 1.82) is 0 Å². The number of piperazine rings is 2. The summed E-state index contributed by atoms with van der Waals surface area (Å²) in [5, 5.41) is 0. The first kappa shape index (κ1) is 60.8. The monoisotopic (exact) mass is 949 g/mol. The van der Waals surface area contributed by atoms with Gasteiger partial charge in [-0.25, -0.2) is 0 Å². The maximum atomic E-state index is 13.1. The number of hydrogen-bond donors (Lipinski definition) is 0. The van der Waals surface area contributed by atoms with Crippen LogP contribution >= 0.6 is 0 Å². The number of rotatable bonds is 45. The van der Waals surface area contributed by atoms with Crippen LogP contribution < -0.4 is 0 Å². The van der Waals surface area contributed by atoms with Crippen molar-refractivity contribution in [1.82, 2.24) is 19.6 Å². The Kier molecular flexibility index (Phi) is 38.7. The molecular weight excluding hydrogens is 845 g/mol. The second-order valence-corrected chi connectivity index (χ2v) is 19.8. The minimum Gasteiger partial charge on any atom is -0.469 e. The van der Waals surface area contributed by atoms with Crippen LogP contribution in [-0.2, 0) is 38.1 Å². The standard InChI is InChI=1S/C55H104N4O8/c1-5-8-11-14-17-20-23-26-29-32-47-65-51(61)36-40-57-45-46-59(42-38-53(63)67-49-34-31-28-25-22-19-16-13-10-7-3)55-54(57)56(39-35-50(60)64-4)43-44-58(55)41-37-52(62)66-48-33-30-27-24-21-18-15-12-9-6-2/h54-55H,5-49H2,1-4H3. The molecule has 12 heteroatoms. The highest BCUT2D eigenvalue weighted by molar-refractivity contribution is 5.70. The van der Waals surface area contributed by atoms with Gasteiger partial charge in [-0.2, -0.15) is 0 Å². The molecule has 2 rings (SSSR count). The van der Waals surface area contributed by atoms with E-state index in [9.17, 15) is 19.2 Å². The molecule has 2 fully saturated rings. The van der Waals surface area contributed by atoms with Crippen molar-refractivity contribution in [2.24, 2.45) is 0 Å². The molecule has 0 saturated carbocycles. The van der Waals surface area contributed by atoms with E-state index in [0.29, 0.717) is 72.2 Å². The van der Waals surface area contributed by atoms with Gasteiger partial charge in [0.2, 0.25) is 0 Å². The number of carbonyl (C=O) groups is 4. The number of fused-ring (bicyclic) bond motifs is 1. The number of nitrogens with zero attached hydrogens (tertiary/aromatic N) is 4. The number of unbranched alkanes of at least 4 members (excludes halogenated alkanes) is 27. The second kappa shape index (κ2) is 42.6. The molecule has 2 unspecified atom stereocenters. The molecular formula is C55H104N4O8. The van der Waals surface area contributed by atoms with Crippen molar-refractivity contribution in [2.45, 2.75) is 251 Å². The van der Waals surface area contributed by atoms with Gasteiger partial charge in [0, 0.05) is 52.4 Å². The van der Waals surface area contributed by atoms with E-state index >= 15 is 0 Å². The van der Waals surface area contributed by atoms with Crippen LogP contribution in [0.25, 0.3) is 0 Å². The van der Waals surface area contributed by atoms with E-state index in [1.807, 2.05) is 0 Å². The summed E-state index contributed by atoms with van der Waals surface area (Å²) in [6.07, 6.45) is 37.8. The Hall–Kier alpha value is -2.28. The van der Waals surface area contributed by atoms with Gasteiger partial charge in [0.25, 0.3) is 0 Å². The molecule has 392 valence electrons. The summed E-state index contributed by atoms with van der Waals surface area (Å²) in [5.41, 5.74) is 0.